The normalized spacial score (nSPS) is 26.4. The standard InChI is InChI=1S/C16H24N2/c1-13(11-14-5-3-2-4-6-14)17-15-9-10-18(12-15)16-7-8-16/h2-6,13,15-17H,7-12H2,1H3. The summed E-state index contributed by atoms with van der Waals surface area (Å²) in [6.07, 6.45) is 5.34. The summed E-state index contributed by atoms with van der Waals surface area (Å²) in [5.74, 6) is 0. The highest BCUT2D eigenvalue weighted by Gasteiger charge is 2.34. The zero-order chi connectivity index (χ0) is 12.4. The van der Waals surface area contributed by atoms with Gasteiger partial charge in [-0.3, -0.25) is 4.90 Å². The van der Waals surface area contributed by atoms with Crippen molar-refractivity contribution in [2.45, 2.75) is 50.7 Å². The van der Waals surface area contributed by atoms with Gasteiger partial charge in [0.05, 0.1) is 0 Å². The van der Waals surface area contributed by atoms with Crippen molar-refractivity contribution in [2.24, 2.45) is 0 Å². The first-order chi connectivity index (χ1) is 8.81. The molecule has 1 aliphatic carbocycles. The van der Waals surface area contributed by atoms with Crippen LogP contribution in [0.25, 0.3) is 0 Å². The predicted molar refractivity (Wildman–Crippen MR) is 75.7 cm³/mol. The summed E-state index contributed by atoms with van der Waals surface area (Å²) in [5.41, 5.74) is 1.44. The third-order valence-electron chi connectivity index (χ3n) is 4.19. The van der Waals surface area contributed by atoms with Crippen LogP contribution in [0.15, 0.2) is 30.3 Å². The van der Waals surface area contributed by atoms with E-state index in [0.29, 0.717) is 12.1 Å². The lowest BCUT2D eigenvalue weighted by Crippen LogP contribution is -2.39. The number of rotatable bonds is 5. The maximum absolute atomic E-state index is 3.80. The van der Waals surface area contributed by atoms with Gasteiger partial charge in [0.2, 0.25) is 0 Å². The van der Waals surface area contributed by atoms with Gasteiger partial charge in [-0.15, -0.1) is 0 Å². The highest BCUT2D eigenvalue weighted by molar-refractivity contribution is 5.15. The Morgan fingerprint density at radius 1 is 1.22 bits per heavy atom. The van der Waals surface area contributed by atoms with Crippen molar-refractivity contribution in [3.63, 3.8) is 0 Å². The molecule has 1 N–H and O–H groups in total. The average Bonchev–Trinajstić information content (AvgIpc) is 3.12. The van der Waals surface area contributed by atoms with Crippen LogP contribution in [-0.4, -0.2) is 36.1 Å². The minimum absolute atomic E-state index is 0.580. The van der Waals surface area contributed by atoms with Crippen molar-refractivity contribution in [3.8, 4) is 0 Å². The van der Waals surface area contributed by atoms with Crippen LogP contribution in [0.1, 0.15) is 31.7 Å². The Hall–Kier alpha value is -0.860. The van der Waals surface area contributed by atoms with Gasteiger partial charge in [0.15, 0.2) is 0 Å². The molecule has 3 rings (SSSR count). The van der Waals surface area contributed by atoms with Crippen molar-refractivity contribution in [2.75, 3.05) is 13.1 Å². The summed E-state index contributed by atoms with van der Waals surface area (Å²) in [6, 6.07) is 13.0. The molecule has 0 radical (unpaired) electrons. The van der Waals surface area contributed by atoms with Crippen molar-refractivity contribution < 1.29 is 0 Å². The Labute approximate surface area is 110 Å². The van der Waals surface area contributed by atoms with Crippen LogP contribution in [-0.2, 0) is 6.42 Å². The van der Waals surface area contributed by atoms with Crippen molar-refractivity contribution >= 4 is 0 Å². The molecule has 2 aliphatic rings. The quantitative estimate of drug-likeness (QED) is 0.856. The molecule has 98 valence electrons. The zero-order valence-electron chi connectivity index (χ0n) is 11.3. The predicted octanol–water partition coefficient (Wildman–Crippen LogP) is 2.44. The second-order valence-electron chi connectivity index (χ2n) is 5.97. The topological polar surface area (TPSA) is 15.3 Å². The van der Waals surface area contributed by atoms with Crippen LogP contribution in [0.3, 0.4) is 0 Å². The maximum atomic E-state index is 3.80. The van der Waals surface area contributed by atoms with E-state index in [0.717, 1.165) is 12.5 Å². The summed E-state index contributed by atoms with van der Waals surface area (Å²) in [6.45, 7) is 4.89. The lowest BCUT2D eigenvalue weighted by Gasteiger charge is -2.20. The molecule has 1 aromatic rings. The van der Waals surface area contributed by atoms with Gasteiger partial charge in [0, 0.05) is 31.2 Å². The van der Waals surface area contributed by atoms with Gasteiger partial charge in [-0.1, -0.05) is 30.3 Å². The number of hydrogen-bond donors (Lipinski definition) is 1. The molecule has 1 aliphatic heterocycles. The van der Waals surface area contributed by atoms with Gasteiger partial charge < -0.3 is 5.32 Å². The number of nitrogens with one attached hydrogen (secondary N) is 1. The van der Waals surface area contributed by atoms with E-state index in [1.165, 1.54) is 37.9 Å². The summed E-state index contributed by atoms with van der Waals surface area (Å²) in [7, 11) is 0. The Kier molecular flexibility index (Phi) is 3.67. The lowest BCUT2D eigenvalue weighted by atomic mass is 10.1. The molecule has 18 heavy (non-hydrogen) atoms. The van der Waals surface area contributed by atoms with Crippen LogP contribution in [0, 0.1) is 0 Å². The lowest BCUT2D eigenvalue weighted by molar-refractivity contribution is 0.313. The minimum Gasteiger partial charge on any atom is -0.310 e. The van der Waals surface area contributed by atoms with Gasteiger partial charge in [-0.25, -0.2) is 0 Å². The SMILES string of the molecule is CC(Cc1ccccc1)NC1CCN(C2CC2)C1. The maximum Gasteiger partial charge on any atom is 0.0209 e. The van der Waals surface area contributed by atoms with Crippen LogP contribution < -0.4 is 5.32 Å². The van der Waals surface area contributed by atoms with Crippen molar-refractivity contribution in [3.05, 3.63) is 35.9 Å². The molecule has 2 heteroatoms. The first kappa shape index (κ1) is 12.2. The van der Waals surface area contributed by atoms with Gasteiger partial charge in [-0.2, -0.15) is 0 Å². The molecule has 0 aromatic heterocycles. The molecule has 0 spiro atoms. The number of likely N-dealkylation sites (tertiary alicyclic amines) is 1. The zero-order valence-corrected chi connectivity index (χ0v) is 11.3. The minimum atomic E-state index is 0.580. The molecule has 0 bridgehead atoms. The Balaban J connectivity index is 1.45. The largest absolute Gasteiger partial charge is 0.310 e. The van der Waals surface area contributed by atoms with E-state index in [2.05, 4.69) is 47.5 Å². The summed E-state index contributed by atoms with van der Waals surface area (Å²) < 4.78 is 0. The first-order valence-electron chi connectivity index (χ1n) is 7.35. The average molecular weight is 244 g/mol. The Bertz CT molecular complexity index is 372. The van der Waals surface area contributed by atoms with E-state index in [1.807, 2.05) is 0 Å². The van der Waals surface area contributed by atoms with Crippen LogP contribution in [0.2, 0.25) is 0 Å². The van der Waals surface area contributed by atoms with E-state index >= 15 is 0 Å². The smallest absolute Gasteiger partial charge is 0.0209 e. The molecule has 1 saturated heterocycles. The fourth-order valence-electron chi connectivity index (χ4n) is 3.12. The Morgan fingerprint density at radius 2 is 2.00 bits per heavy atom. The first-order valence-corrected chi connectivity index (χ1v) is 7.35. The van der Waals surface area contributed by atoms with E-state index in [9.17, 15) is 0 Å². The highest BCUT2D eigenvalue weighted by Crippen LogP contribution is 2.29. The van der Waals surface area contributed by atoms with Gasteiger partial charge >= 0.3 is 0 Å². The molecule has 0 amide bonds. The van der Waals surface area contributed by atoms with E-state index < -0.39 is 0 Å². The van der Waals surface area contributed by atoms with Gasteiger partial charge in [-0.05, 0) is 38.2 Å². The van der Waals surface area contributed by atoms with E-state index in [1.54, 1.807) is 0 Å². The number of hydrogen-bond acceptors (Lipinski definition) is 2. The molecule has 2 nitrogen and oxygen atoms in total. The van der Waals surface area contributed by atoms with Crippen LogP contribution in [0.4, 0.5) is 0 Å². The Morgan fingerprint density at radius 3 is 2.72 bits per heavy atom. The molecule has 2 fully saturated rings. The molecular weight excluding hydrogens is 220 g/mol. The molecule has 1 saturated carbocycles. The van der Waals surface area contributed by atoms with Crippen molar-refractivity contribution in [1.82, 2.24) is 10.2 Å². The van der Waals surface area contributed by atoms with Crippen molar-refractivity contribution in [1.29, 1.82) is 0 Å². The molecular formula is C16H24N2. The highest BCUT2D eigenvalue weighted by atomic mass is 15.2. The molecule has 2 unspecified atom stereocenters. The second kappa shape index (κ2) is 5.41. The summed E-state index contributed by atoms with van der Waals surface area (Å²) >= 11 is 0. The monoisotopic (exact) mass is 244 g/mol. The third-order valence-corrected chi connectivity index (χ3v) is 4.19. The van der Waals surface area contributed by atoms with E-state index in [4.69, 9.17) is 0 Å². The molecule has 1 heterocycles. The molecule has 1 aromatic carbocycles. The third kappa shape index (κ3) is 3.12. The molecule has 2 atom stereocenters. The van der Waals surface area contributed by atoms with E-state index in [-0.39, 0.29) is 0 Å². The summed E-state index contributed by atoms with van der Waals surface area (Å²) in [5, 5.41) is 3.80. The number of nitrogens with zero attached hydrogens (tertiary/aromatic N) is 1. The summed E-state index contributed by atoms with van der Waals surface area (Å²) in [4.78, 5) is 2.67. The van der Waals surface area contributed by atoms with Gasteiger partial charge in [0.1, 0.15) is 0 Å². The van der Waals surface area contributed by atoms with Gasteiger partial charge in [0.25, 0.3) is 0 Å². The van der Waals surface area contributed by atoms with Crippen LogP contribution in [0.5, 0.6) is 0 Å². The second-order valence-corrected chi connectivity index (χ2v) is 5.97. The number of benzene rings is 1. The fraction of sp³-hybridized carbons (Fsp3) is 0.625. The fourth-order valence-corrected chi connectivity index (χ4v) is 3.12. The van der Waals surface area contributed by atoms with Crippen LogP contribution >= 0.6 is 0 Å².